The third-order valence-electron chi connectivity index (χ3n) is 3.67. The van der Waals surface area contributed by atoms with E-state index in [1.54, 1.807) is 11.3 Å². The molecule has 2 atom stereocenters. The first-order chi connectivity index (χ1) is 8.01. The predicted octanol–water partition coefficient (Wildman–Crippen LogP) is 3.12. The lowest BCUT2D eigenvalue weighted by Gasteiger charge is -1.97. The van der Waals surface area contributed by atoms with Crippen LogP contribution < -0.4 is 0 Å². The van der Waals surface area contributed by atoms with Gasteiger partial charge in [0.1, 0.15) is 0 Å². The lowest BCUT2D eigenvalue weighted by Crippen LogP contribution is -2.03. The van der Waals surface area contributed by atoms with E-state index in [0.717, 1.165) is 15.2 Å². The van der Waals surface area contributed by atoms with Gasteiger partial charge in [-0.15, -0.1) is 11.3 Å². The summed E-state index contributed by atoms with van der Waals surface area (Å²) in [4.78, 5) is 15.7. The van der Waals surface area contributed by atoms with Gasteiger partial charge in [0.25, 0.3) is 0 Å². The Balaban J connectivity index is 2.03. The molecular formula is C13H13NO2S. The summed E-state index contributed by atoms with van der Waals surface area (Å²) >= 11 is 1.62. The van der Waals surface area contributed by atoms with Gasteiger partial charge in [-0.1, -0.05) is 26.0 Å². The molecular weight excluding hydrogens is 234 g/mol. The average Bonchev–Trinajstić information content (AvgIpc) is 2.68. The molecule has 3 nitrogen and oxygen atoms in total. The molecule has 0 spiro atoms. The summed E-state index contributed by atoms with van der Waals surface area (Å²) in [6, 6.07) is 7.94. The molecule has 88 valence electrons. The normalized spacial score (nSPS) is 26.0. The standard InChI is InChI=1S/C13H13NO2S/c1-13(2)9(10(13)12(15)16)11-14-7-5-3-4-6-8(7)17-11/h3-6,9-10H,1-2H3,(H,15,16)/t9-,10+/m1/s1. The van der Waals surface area contributed by atoms with E-state index in [9.17, 15) is 9.90 Å². The Morgan fingerprint density at radius 3 is 2.71 bits per heavy atom. The molecule has 1 fully saturated rings. The van der Waals surface area contributed by atoms with Crippen LogP contribution in [-0.2, 0) is 4.79 Å². The smallest absolute Gasteiger partial charge is 0.307 e. The van der Waals surface area contributed by atoms with Crippen molar-refractivity contribution < 1.29 is 9.90 Å². The topological polar surface area (TPSA) is 50.2 Å². The van der Waals surface area contributed by atoms with Crippen molar-refractivity contribution >= 4 is 27.5 Å². The van der Waals surface area contributed by atoms with Crippen molar-refractivity contribution in [3.63, 3.8) is 0 Å². The van der Waals surface area contributed by atoms with Gasteiger partial charge in [0.15, 0.2) is 0 Å². The largest absolute Gasteiger partial charge is 0.481 e. The Kier molecular flexibility index (Phi) is 2.08. The number of hydrogen-bond acceptors (Lipinski definition) is 3. The fourth-order valence-corrected chi connectivity index (χ4v) is 3.88. The number of carboxylic acid groups (broad SMARTS) is 1. The van der Waals surface area contributed by atoms with Crippen LogP contribution in [0.25, 0.3) is 10.2 Å². The van der Waals surface area contributed by atoms with Gasteiger partial charge in [-0.05, 0) is 17.5 Å². The highest BCUT2D eigenvalue weighted by molar-refractivity contribution is 7.18. The minimum Gasteiger partial charge on any atom is -0.481 e. The minimum absolute atomic E-state index is 0.0670. The molecule has 1 heterocycles. The zero-order valence-corrected chi connectivity index (χ0v) is 10.5. The number of aromatic nitrogens is 1. The van der Waals surface area contributed by atoms with Gasteiger partial charge in [0.05, 0.1) is 21.1 Å². The quantitative estimate of drug-likeness (QED) is 0.887. The number of aliphatic carboxylic acids is 1. The van der Waals surface area contributed by atoms with E-state index in [1.165, 1.54) is 0 Å². The van der Waals surface area contributed by atoms with Crippen LogP contribution in [0, 0.1) is 11.3 Å². The zero-order valence-electron chi connectivity index (χ0n) is 9.68. The van der Waals surface area contributed by atoms with Crippen LogP contribution in [0.3, 0.4) is 0 Å². The second-order valence-electron chi connectivity index (χ2n) is 5.13. The molecule has 0 amide bonds. The van der Waals surface area contributed by atoms with Gasteiger partial charge in [0, 0.05) is 5.92 Å². The van der Waals surface area contributed by atoms with Crippen LogP contribution in [-0.4, -0.2) is 16.1 Å². The summed E-state index contributed by atoms with van der Waals surface area (Å²) in [5.41, 5.74) is 0.805. The van der Waals surface area contributed by atoms with Gasteiger partial charge in [-0.25, -0.2) is 4.98 Å². The lowest BCUT2D eigenvalue weighted by atomic mass is 10.1. The maximum absolute atomic E-state index is 11.2. The second-order valence-corrected chi connectivity index (χ2v) is 6.20. The number of thiazole rings is 1. The van der Waals surface area contributed by atoms with Crippen molar-refractivity contribution in [2.75, 3.05) is 0 Å². The molecule has 3 rings (SSSR count). The van der Waals surface area contributed by atoms with Gasteiger partial charge in [-0.2, -0.15) is 0 Å². The van der Waals surface area contributed by atoms with E-state index in [4.69, 9.17) is 0 Å². The van der Waals surface area contributed by atoms with E-state index >= 15 is 0 Å². The summed E-state index contributed by atoms with van der Waals surface area (Å²) < 4.78 is 1.13. The monoisotopic (exact) mass is 247 g/mol. The maximum atomic E-state index is 11.2. The van der Waals surface area contributed by atoms with Crippen molar-refractivity contribution in [1.82, 2.24) is 4.98 Å². The first-order valence-electron chi connectivity index (χ1n) is 5.60. The first kappa shape index (κ1) is 10.7. The van der Waals surface area contributed by atoms with Crippen molar-refractivity contribution in [1.29, 1.82) is 0 Å². The van der Waals surface area contributed by atoms with Crippen LogP contribution in [0.15, 0.2) is 24.3 Å². The number of carbonyl (C=O) groups is 1. The number of benzene rings is 1. The molecule has 0 bridgehead atoms. The number of fused-ring (bicyclic) bond motifs is 1. The van der Waals surface area contributed by atoms with Gasteiger partial charge in [-0.3, -0.25) is 4.79 Å². The van der Waals surface area contributed by atoms with Crippen LogP contribution >= 0.6 is 11.3 Å². The zero-order chi connectivity index (χ0) is 12.2. The molecule has 2 aromatic rings. The van der Waals surface area contributed by atoms with E-state index < -0.39 is 5.97 Å². The Hall–Kier alpha value is -1.42. The SMILES string of the molecule is CC1(C)[C@H](C(=O)O)[C@@H]1c1nc2ccccc2s1. The Morgan fingerprint density at radius 1 is 1.41 bits per heavy atom. The fourth-order valence-electron chi connectivity index (χ4n) is 2.58. The molecule has 1 aliphatic rings. The van der Waals surface area contributed by atoms with Crippen molar-refractivity contribution in [2.45, 2.75) is 19.8 Å². The lowest BCUT2D eigenvalue weighted by molar-refractivity contribution is -0.139. The number of hydrogen-bond donors (Lipinski definition) is 1. The summed E-state index contributed by atoms with van der Waals surface area (Å²) in [5.74, 6) is -0.931. The third-order valence-corrected chi connectivity index (χ3v) is 4.79. The van der Waals surface area contributed by atoms with E-state index in [2.05, 4.69) is 4.98 Å². The molecule has 0 saturated heterocycles. The van der Waals surface area contributed by atoms with Crippen molar-refractivity contribution in [2.24, 2.45) is 11.3 Å². The fraction of sp³-hybridized carbons (Fsp3) is 0.385. The van der Waals surface area contributed by atoms with E-state index in [-0.39, 0.29) is 17.3 Å². The highest BCUT2D eigenvalue weighted by atomic mass is 32.1. The molecule has 17 heavy (non-hydrogen) atoms. The number of rotatable bonds is 2. The highest BCUT2D eigenvalue weighted by Gasteiger charge is 2.64. The van der Waals surface area contributed by atoms with E-state index in [1.807, 2.05) is 38.1 Å². The first-order valence-corrected chi connectivity index (χ1v) is 6.42. The summed E-state index contributed by atoms with van der Waals surface area (Å²) in [5, 5.41) is 10.1. The molecule has 1 aliphatic carbocycles. The molecule has 1 aromatic carbocycles. The van der Waals surface area contributed by atoms with E-state index in [0.29, 0.717) is 0 Å². The van der Waals surface area contributed by atoms with Crippen LogP contribution in [0.4, 0.5) is 0 Å². The molecule has 1 N–H and O–H groups in total. The van der Waals surface area contributed by atoms with Gasteiger partial charge in [0.2, 0.25) is 0 Å². The summed E-state index contributed by atoms with van der Waals surface area (Å²) in [6.45, 7) is 4.00. The molecule has 0 radical (unpaired) electrons. The van der Waals surface area contributed by atoms with Crippen molar-refractivity contribution in [3.05, 3.63) is 29.3 Å². The Morgan fingerprint density at radius 2 is 2.12 bits per heavy atom. The summed E-state index contributed by atoms with van der Waals surface area (Å²) in [6.07, 6.45) is 0. The molecule has 1 aromatic heterocycles. The van der Waals surface area contributed by atoms with Crippen LogP contribution in [0.1, 0.15) is 24.8 Å². The third kappa shape index (κ3) is 1.47. The predicted molar refractivity (Wildman–Crippen MR) is 67.3 cm³/mol. The summed E-state index contributed by atoms with van der Waals surface area (Å²) in [7, 11) is 0. The van der Waals surface area contributed by atoms with Gasteiger partial charge >= 0.3 is 5.97 Å². The Labute approximate surface area is 103 Å². The Bertz CT molecular complexity index is 569. The molecule has 4 heteroatoms. The molecule has 0 aliphatic heterocycles. The average molecular weight is 247 g/mol. The van der Waals surface area contributed by atoms with Gasteiger partial charge < -0.3 is 5.11 Å². The van der Waals surface area contributed by atoms with Crippen LogP contribution in [0.2, 0.25) is 0 Å². The molecule has 1 saturated carbocycles. The van der Waals surface area contributed by atoms with Crippen LogP contribution in [0.5, 0.6) is 0 Å². The number of para-hydroxylation sites is 1. The number of carboxylic acids is 1. The second kappa shape index (κ2) is 3.29. The minimum atomic E-state index is -0.709. The van der Waals surface area contributed by atoms with Crippen molar-refractivity contribution in [3.8, 4) is 0 Å². The number of nitrogens with zero attached hydrogens (tertiary/aromatic N) is 1. The molecule has 0 unspecified atom stereocenters. The maximum Gasteiger partial charge on any atom is 0.307 e. The highest BCUT2D eigenvalue weighted by Crippen LogP contribution is 2.65.